The summed E-state index contributed by atoms with van der Waals surface area (Å²) >= 11 is 0. The van der Waals surface area contributed by atoms with Gasteiger partial charge in [-0.05, 0) is 49.1 Å². The Balaban J connectivity index is 1.28. The number of anilines is 2. The van der Waals surface area contributed by atoms with Crippen LogP contribution in [0.4, 0.5) is 29.1 Å². The van der Waals surface area contributed by atoms with E-state index in [9.17, 15) is 32.3 Å². The predicted molar refractivity (Wildman–Crippen MR) is 151 cm³/mol. The molecule has 6 rings (SSSR count). The van der Waals surface area contributed by atoms with Crippen LogP contribution in [0.15, 0.2) is 40.2 Å². The summed E-state index contributed by atoms with van der Waals surface area (Å²) in [6.07, 6.45) is -3.65. The van der Waals surface area contributed by atoms with E-state index in [1.165, 1.54) is 15.8 Å². The van der Waals surface area contributed by atoms with E-state index in [-0.39, 0.29) is 62.9 Å². The van der Waals surface area contributed by atoms with Crippen LogP contribution in [-0.2, 0) is 16.8 Å². The SMILES string of the molecule is N#CCC1(n2nc(Nc3ccc4c(c3)CN(C3CCN(CC(F)(F)F)CC3)S4(O)O)c3c(=O)[nH]ccc32)CCOCC1F. The normalized spacial score (nSPS) is 25.8. The maximum absolute atomic E-state index is 15.4. The number of ether oxygens (including phenoxy) is 1. The molecule has 232 valence electrons. The Morgan fingerprint density at radius 3 is 2.72 bits per heavy atom. The van der Waals surface area contributed by atoms with Crippen molar-refractivity contribution in [3.8, 4) is 6.07 Å². The number of aromatic nitrogens is 3. The lowest BCUT2D eigenvalue weighted by atomic mass is 9.85. The first kappa shape index (κ1) is 29.9. The topological polar surface area (TPSA) is 143 Å². The number of pyridine rings is 1. The van der Waals surface area contributed by atoms with Crippen LogP contribution in [0.2, 0.25) is 0 Å². The number of H-pyrrole nitrogens is 1. The van der Waals surface area contributed by atoms with Gasteiger partial charge in [0.2, 0.25) is 0 Å². The van der Waals surface area contributed by atoms with Crippen LogP contribution in [0.3, 0.4) is 0 Å². The van der Waals surface area contributed by atoms with Crippen molar-refractivity contribution in [1.82, 2.24) is 24.0 Å². The standard InChI is InChI=1S/C27H31F4N7O4S/c28-22-15-42-12-7-26(22,6-8-32)38-20-3-9-33-25(39)23(20)24(35-38)34-18-1-2-21-17(13-18)14-37(43(21,40)41)19-4-10-36(11-5-19)16-27(29,30)31/h1-3,9,13,19,22,40-41H,4-7,10-12,14-16H2,(H,33,39)(H,34,35). The molecule has 0 spiro atoms. The molecule has 16 heteroatoms. The van der Waals surface area contributed by atoms with Crippen LogP contribution < -0.4 is 10.9 Å². The first-order valence-corrected chi connectivity index (χ1v) is 15.4. The molecule has 2 fully saturated rings. The Labute approximate surface area is 245 Å². The lowest BCUT2D eigenvalue weighted by Crippen LogP contribution is -2.49. The van der Waals surface area contributed by atoms with Crippen molar-refractivity contribution in [2.24, 2.45) is 0 Å². The molecule has 2 atom stereocenters. The number of fused-ring (bicyclic) bond motifs is 2. The zero-order valence-electron chi connectivity index (χ0n) is 23.0. The molecule has 3 aliphatic heterocycles. The molecule has 2 saturated heterocycles. The third-order valence-electron chi connectivity index (χ3n) is 8.58. The van der Waals surface area contributed by atoms with Gasteiger partial charge < -0.3 is 15.0 Å². The van der Waals surface area contributed by atoms with E-state index in [0.717, 1.165) is 0 Å². The summed E-state index contributed by atoms with van der Waals surface area (Å²) in [6, 6.07) is 8.25. The summed E-state index contributed by atoms with van der Waals surface area (Å²) < 4.78 is 84.4. The predicted octanol–water partition coefficient (Wildman–Crippen LogP) is 4.70. The Morgan fingerprint density at radius 2 is 2.02 bits per heavy atom. The average Bonchev–Trinajstić information content (AvgIpc) is 3.45. The van der Waals surface area contributed by atoms with Crippen LogP contribution in [0.5, 0.6) is 0 Å². The van der Waals surface area contributed by atoms with Crippen LogP contribution >= 0.6 is 10.8 Å². The van der Waals surface area contributed by atoms with Crippen molar-refractivity contribution in [2.75, 3.05) is 38.2 Å². The summed E-state index contributed by atoms with van der Waals surface area (Å²) in [5, 5.41) is 17.5. The van der Waals surface area contributed by atoms with Gasteiger partial charge in [0.15, 0.2) is 5.82 Å². The van der Waals surface area contributed by atoms with E-state index < -0.39 is 40.8 Å². The van der Waals surface area contributed by atoms with Crippen molar-refractivity contribution >= 4 is 33.2 Å². The van der Waals surface area contributed by atoms with E-state index in [0.29, 0.717) is 34.5 Å². The fourth-order valence-corrected chi connectivity index (χ4v) is 8.35. The zero-order valence-corrected chi connectivity index (χ0v) is 23.8. The second-order valence-electron chi connectivity index (χ2n) is 11.2. The molecular weight excluding hydrogens is 594 g/mol. The molecule has 0 radical (unpaired) electrons. The van der Waals surface area contributed by atoms with E-state index in [1.54, 1.807) is 28.6 Å². The van der Waals surface area contributed by atoms with Crippen molar-refractivity contribution in [1.29, 1.82) is 5.26 Å². The van der Waals surface area contributed by atoms with E-state index in [2.05, 4.69) is 21.5 Å². The Kier molecular flexibility index (Phi) is 7.68. The lowest BCUT2D eigenvalue weighted by molar-refractivity contribution is -0.148. The maximum Gasteiger partial charge on any atom is 0.401 e. The van der Waals surface area contributed by atoms with E-state index in [1.807, 2.05) is 0 Å². The molecule has 2 aromatic heterocycles. The third-order valence-corrected chi connectivity index (χ3v) is 10.6. The lowest BCUT2D eigenvalue weighted by Gasteiger charge is -2.45. The van der Waals surface area contributed by atoms with Gasteiger partial charge in [0.1, 0.15) is 17.1 Å². The van der Waals surface area contributed by atoms with Crippen LogP contribution in [0, 0.1) is 11.3 Å². The van der Waals surface area contributed by atoms with Gasteiger partial charge in [-0.2, -0.15) is 27.8 Å². The Hall–Kier alpha value is -3.20. The number of nitrogens with zero attached hydrogens (tertiary/aromatic N) is 5. The van der Waals surface area contributed by atoms with Crippen molar-refractivity contribution < 1.29 is 31.4 Å². The summed E-state index contributed by atoms with van der Waals surface area (Å²) in [6.45, 7) is -0.391. The summed E-state index contributed by atoms with van der Waals surface area (Å²) in [4.78, 5) is 17.2. The molecular formula is C27H31F4N7O4S. The number of nitriles is 1. The Morgan fingerprint density at radius 1 is 1.26 bits per heavy atom. The number of benzene rings is 1. The van der Waals surface area contributed by atoms with Crippen molar-refractivity contribution in [2.45, 2.75) is 61.1 Å². The minimum absolute atomic E-state index is 0.145. The molecule has 0 aliphatic carbocycles. The van der Waals surface area contributed by atoms with Gasteiger partial charge in [-0.15, -0.1) is 10.8 Å². The highest BCUT2D eigenvalue weighted by atomic mass is 32.3. The van der Waals surface area contributed by atoms with Gasteiger partial charge in [-0.1, -0.05) is 0 Å². The highest BCUT2D eigenvalue weighted by Crippen LogP contribution is 2.60. The number of alkyl halides is 4. The molecule has 2 unspecified atom stereocenters. The first-order chi connectivity index (χ1) is 20.4. The van der Waals surface area contributed by atoms with Gasteiger partial charge in [0.25, 0.3) is 5.56 Å². The number of aromatic amines is 1. The largest absolute Gasteiger partial charge is 0.401 e. The van der Waals surface area contributed by atoms with Crippen molar-refractivity contribution in [3.05, 3.63) is 46.4 Å². The molecule has 0 amide bonds. The fourth-order valence-electron chi connectivity index (χ4n) is 6.43. The van der Waals surface area contributed by atoms with E-state index in [4.69, 9.17) is 4.74 Å². The number of hydrogen-bond donors (Lipinski definition) is 4. The molecule has 43 heavy (non-hydrogen) atoms. The molecule has 3 aliphatic rings. The highest BCUT2D eigenvalue weighted by Gasteiger charge is 2.46. The van der Waals surface area contributed by atoms with Gasteiger partial charge in [0, 0.05) is 44.2 Å². The molecule has 11 nitrogen and oxygen atoms in total. The maximum atomic E-state index is 15.4. The number of likely N-dealkylation sites (tertiary alicyclic amines) is 1. The van der Waals surface area contributed by atoms with E-state index >= 15 is 4.39 Å². The Bertz CT molecular complexity index is 1620. The average molecular weight is 626 g/mol. The monoisotopic (exact) mass is 625 g/mol. The fraction of sp³-hybridized carbons (Fsp3) is 0.519. The molecule has 0 saturated carbocycles. The second kappa shape index (κ2) is 11.1. The molecule has 4 N–H and O–H groups in total. The van der Waals surface area contributed by atoms with Crippen LogP contribution in [-0.4, -0.2) is 84.3 Å². The molecule has 3 aromatic rings. The third kappa shape index (κ3) is 5.38. The number of halogens is 4. The number of nitrogens with one attached hydrogen (secondary N) is 2. The quantitative estimate of drug-likeness (QED) is 0.287. The van der Waals surface area contributed by atoms with Crippen molar-refractivity contribution in [3.63, 3.8) is 0 Å². The van der Waals surface area contributed by atoms with Gasteiger partial charge >= 0.3 is 6.18 Å². The van der Waals surface area contributed by atoms with Gasteiger partial charge in [0.05, 0.1) is 36.1 Å². The molecule has 0 bridgehead atoms. The number of rotatable bonds is 6. The number of piperidine rings is 1. The van der Waals surface area contributed by atoms with Crippen LogP contribution in [0.25, 0.3) is 10.9 Å². The summed E-state index contributed by atoms with van der Waals surface area (Å²) in [5.41, 5.74) is -0.328. The first-order valence-electron chi connectivity index (χ1n) is 13.9. The van der Waals surface area contributed by atoms with Gasteiger partial charge in [-0.3, -0.25) is 23.5 Å². The van der Waals surface area contributed by atoms with Crippen LogP contribution in [0.1, 0.15) is 31.2 Å². The zero-order chi connectivity index (χ0) is 30.6. The minimum atomic E-state index is -4.29. The van der Waals surface area contributed by atoms with Gasteiger partial charge in [-0.25, -0.2) is 4.39 Å². The summed E-state index contributed by atoms with van der Waals surface area (Å²) in [5.74, 6) is 0.145. The number of hydrogen-bond acceptors (Lipinski definition) is 9. The molecule has 5 heterocycles. The summed E-state index contributed by atoms with van der Waals surface area (Å²) in [7, 11) is -3.35. The second-order valence-corrected chi connectivity index (χ2v) is 13.2. The highest BCUT2D eigenvalue weighted by molar-refractivity contribution is 8.22. The molecule has 1 aromatic carbocycles. The smallest absolute Gasteiger partial charge is 0.378 e. The minimum Gasteiger partial charge on any atom is -0.378 e.